The third-order valence-electron chi connectivity index (χ3n) is 2.35. The van der Waals surface area contributed by atoms with Gasteiger partial charge in [0.05, 0.1) is 12.8 Å². The quantitative estimate of drug-likeness (QED) is 0.942. The van der Waals surface area contributed by atoms with Gasteiger partial charge in [0.2, 0.25) is 0 Å². The van der Waals surface area contributed by atoms with Crippen LogP contribution in [0.1, 0.15) is 10.4 Å². The van der Waals surface area contributed by atoms with E-state index >= 15 is 0 Å². The monoisotopic (exact) mass is 282 g/mol. The summed E-state index contributed by atoms with van der Waals surface area (Å²) in [4.78, 5) is 15.7. The molecule has 0 fully saturated rings. The molecule has 6 heteroatoms. The summed E-state index contributed by atoms with van der Waals surface area (Å²) in [5.74, 6) is -0.388. The third-order valence-corrected chi connectivity index (χ3v) is 2.35. The smallest absolute Gasteiger partial charge is 0.255 e. The molecule has 0 unspecified atom stereocenters. The van der Waals surface area contributed by atoms with Crippen LogP contribution >= 0.6 is 12.4 Å². The van der Waals surface area contributed by atoms with Crippen LogP contribution in [0.4, 0.5) is 10.1 Å². The standard InChI is InChI=1S/C13H11FN2O2.ClH/c1-18-12-3-2-10(14)8-11(12)16-13(17)9-4-6-15-7-5-9;/h2-8H,1H3,(H,16,17);1H. The Bertz CT molecular complexity index is 564. The number of aromatic nitrogens is 1. The first kappa shape index (κ1) is 14.9. The van der Waals surface area contributed by atoms with Gasteiger partial charge in [-0.25, -0.2) is 4.39 Å². The van der Waals surface area contributed by atoms with Crippen molar-refractivity contribution >= 4 is 24.0 Å². The maximum Gasteiger partial charge on any atom is 0.255 e. The number of benzene rings is 1. The van der Waals surface area contributed by atoms with Crippen molar-refractivity contribution in [3.8, 4) is 5.75 Å². The summed E-state index contributed by atoms with van der Waals surface area (Å²) in [5.41, 5.74) is 0.732. The fourth-order valence-corrected chi connectivity index (χ4v) is 1.48. The summed E-state index contributed by atoms with van der Waals surface area (Å²) in [6, 6.07) is 7.07. The molecule has 0 atom stereocenters. The molecular formula is C13H12ClFN2O2. The van der Waals surface area contributed by atoms with Crippen molar-refractivity contribution in [2.45, 2.75) is 0 Å². The van der Waals surface area contributed by atoms with Gasteiger partial charge in [0.15, 0.2) is 0 Å². The van der Waals surface area contributed by atoms with Gasteiger partial charge in [-0.15, -0.1) is 12.4 Å². The van der Waals surface area contributed by atoms with Crippen LogP contribution in [0.5, 0.6) is 5.75 Å². The van der Waals surface area contributed by atoms with Crippen molar-refractivity contribution < 1.29 is 13.9 Å². The average molecular weight is 283 g/mol. The first-order valence-corrected chi connectivity index (χ1v) is 5.25. The fourth-order valence-electron chi connectivity index (χ4n) is 1.48. The minimum atomic E-state index is -0.444. The molecule has 1 heterocycles. The lowest BCUT2D eigenvalue weighted by molar-refractivity contribution is 0.102. The summed E-state index contributed by atoms with van der Waals surface area (Å²) in [7, 11) is 1.45. The summed E-state index contributed by atoms with van der Waals surface area (Å²) < 4.78 is 18.2. The highest BCUT2D eigenvalue weighted by Gasteiger charge is 2.10. The van der Waals surface area contributed by atoms with Crippen LogP contribution in [-0.4, -0.2) is 18.0 Å². The van der Waals surface area contributed by atoms with Crippen molar-refractivity contribution in [3.63, 3.8) is 0 Å². The van der Waals surface area contributed by atoms with Crippen LogP contribution in [0, 0.1) is 5.82 Å². The number of nitrogens with zero attached hydrogens (tertiary/aromatic N) is 1. The van der Waals surface area contributed by atoms with Gasteiger partial charge in [-0.1, -0.05) is 0 Å². The van der Waals surface area contributed by atoms with Crippen LogP contribution in [0.25, 0.3) is 0 Å². The molecule has 0 saturated heterocycles. The Labute approximate surface area is 116 Å². The molecule has 4 nitrogen and oxygen atoms in total. The molecule has 0 aliphatic heterocycles. The number of anilines is 1. The third kappa shape index (κ3) is 3.66. The number of carbonyl (C=O) groups excluding carboxylic acids is 1. The molecule has 1 aromatic carbocycles. The molecule has 2 rings (SSSR count). The van der Waals surface area contributed by atoms with Crippen LogP contribution in [0.2, 0.25) is 0 Å². The zero-order valence-electron chi connectivity index (χ0n) is 10.1. The minimum absolute atomic E-state index is 0. The summed E-state index contributed by atoms with van der Waals surface area (Å²) in [5, 5.41) is 2.59. The van der Waals surface area contributed by atoms with E-state index in [0.29, 0.717) is 17.0 Å². The Balaban J connectivity index is 0.00000180. The second-order valence-electron chi connectivity index (χ2n) is 3.53. The first-order valence-electron chi connectivity index (χ1n) is 5.25. The zero-order chi connectivity index (χ0) is 13.0. The van der Waals surface area contributed by atoms with Crippen molar-refractivity contribution in [2.24, 2.45) is 0 Å². The maximum atomic E-state index is 13.1. The van der Waals surface area contributed by atoms with E-state index in [-0.39, 0.29) is 18.3 Å². The number of carbonyl (C=O) groups is 1. The van der Waals surface area contributed by atoms with E-state index in [1.165, 1.54) is 37.7 Å². The number of rotatable bonds is 3. The lowest BCUT2D eigenvalue weighted by Gasteiger charge is -2.10. The number of pyridine rings is 1. The summed E-state index contributed by atoms with van der Waals surface area (Å²) in [6.07, 6.45) is 3.02. The number of halogens is 2. The van der Waals surface area contributed by atoms with E-state index in [4.69, 9.17) is 4.74 Å². The second kappa shape index (κ2) is 6.70. The number of ether oxygens (including phenoxy) is 1. The van der Waals surface area contributed by atoms with E-state index in [2.05, 4.69) is 10.3 Å². The number of amides is 1. The summed E-state index contributed by atoms with van der Waals surface area (Å²) >= 11 is 0. The second-order valence-corrected chi connectivity index (χ2v) is 3.53. The van der Waals surface area contributed by atoms with Gasteiger partial charge < -0.3 is 10.1 Å². The molecule has 1 aromatic heterocycles. The molecular weight excluding hydrogens is 271 g/mol. The highest BCUT2D eigenvalue weighted by Crippen LogP contribution is 2.25. The molecule has 0 spiro atoms. The van der Waals surface area contributed by atoms with Crippen LogP contribution in [-0.2, 0) is 0 Å². The molecule has 0 aliphatic carbocycles. The number of hydrogen-bond acceptors (Lipinski definition) is 3. The van der Waals surface area contributed by atoms with Gasteiger partial charge in [0.1, 0.15) is 11.6 Å². The predicted octanol–water partition coefficient (Wildman–Crippen LogP) is 2.90. The van der Waals surface area contributed by atoms with Crippen molar-refractivity contribution in [3.05, 3.63) is 54.1 Å². The Morgan fingerprint density at radius 3 is 2.58 bits per heavy atom. The molecule has 0 bridgehead atoms. The number of hydrogen-bond donors (Lipinski definition) is 1. The first-order chi connectivity index (χ1) is 8.70. The molecule has 1 amide bonds. The molecule has 0 radical (unpaired) electrons. The predicted molar refractivity (Wildman–Crippen MR) is 72.4 cm³/mol. The Hall–Kier alpha value is -2.14. The molecule has 100 valence electrons. The van der Waals surface area contributed by atoms with E-state index in [9.17, 15) is 9.18 Å². The lowest BCUT2D eigenvalue weighted by Crippen LogP contribution is -2.12. The number of nitrogens with one attached hydrogen (secondary N) is 1. The topological polar surface area (TPSA) is 51.2 Å². The SMILES string of the molecule is COc1ccc(F)cc1NC(=O)c1ccncc1.Cl. The minimum Gasteiger partial charge on any atom is -0.495 e. The van der Waals surface area contributed by atoms with Gasteiger partial charge in [0.25, 0.3) is 5.91 Å². The van der Waals surface area contributed by atoms with E-state index in [1.807, 2.05) is 0 Å². The Morgan fingerprint density at radius 2 is 1.95 bits per heavy atom. The van der Waals surface area contributed by atoms with Gasteiger partial charge in [-0.2, -0.15) is 0 Å². The van der Waals surface area contributed by atoms with Crippen LogP contribution in [0.3, 0.4) is 0 Å². The normalized spacial score (nSPS) is 9.37. The highest BCUT2D eigenvalue weighted by atomic mass is 35.5. The Kier molecular flexibility index (Phi) is 5.26. The van der Waals surface area contributed by atoms with Crippen LogP contribution in [0.15, 0.2) is 42.7 Å². The van der Waals surface area contributed by atoms with Crippen molar-refractivity contribution in [1.82, 2.24) is 4.98 Å². The zero-order valence-corrected chi connectivity index (χ0v) is 10.9. The molecule has 0 aliphatic rings. The summed E-state index contributed by atoms with van der Waals surface area (Å²) in [6.45, 7) is 0. The fraction of sp³-hybridized carbons (Fsp3) is 0.0769. The highest BCUT2D eigenvalue weighted by molar-refractivity contribution is 6.04. The lowest BCUT2D eigenvalue weighted by atomic mass is 10.2. The van der Waals surface area contributed by atoms with Gasteiger partial charge in [-0.3, -0.25) is 9.78 Å². The molecule has 0 saturated carbocycles. The maximum absolute atomic E-state index is 13.1. The molecule has 2 aromatic rings. The van der Waals surface area contributed by atoms with Gasteiger partial charge >= 0.3 is 0 Å². The number of methoxy groups -OCH3 is 1. The molecule has 1 N–H and O–H groups in total. The van der Waals surface area contributed by atoms with E-state index < -0.39 is 5.82 Å². The van der Waals surface area contributed by atoms with Crippen molar-refractivity contribution in [1.29, 1.82) is 0 Å². The average Bonchev–Trinajstić information content (AvgIpc) is 2.40. The van der Waals surface area contributed by atoms with E-state index in [0.717, 1.165) is 0 Å². The molecule has 19 heavy (non-hydrogen) atoms. The van der Waals surface area contributed by atoms with Gasteiger partial charge in [0, 0.05) is 24.0 Å². The van der Waals surface area contributed by atoms with Gasteiger partial charge in [-0.05, 0) is 24.3 Å². The largest absolute Gasteiger partial charge is 0.495 e. The van der Waals surface area contributed by atoms with Crippen LogP contribution < -0.4 is 10.1 Å². The van der Waals surface area contributed by atoms with E-state index in [1.54, 1.807) is 12.1 Å². The Morgan fingerprint density at radius 1 is 1.26 bits per heavy atom. The van der Waals surface area contributed by atoms with Crippen molar-refractivity contribution in [2.75, 3.05) is 12.4 Å².